The molecule has 1 aliphatic rings. The maximum absolute atomic E-state index is 13.8. The maximum Gasteiger partial charge on any atom is 0.265 e. The van der Waals surface area contributed by atoms with Gasteiger partial charge in [-0.3, -0.25) is 14.9 Å². The molecule has 0 radical (unpaired) electrons. The summed E-state index contributed by atoms with van der Waals surface area (Å²) in [5.74, 6) is -0.580. The number of halogens is 1. The van der Waals surface area contributed by atoms with E-state index in [0.717, 1.165) is 10.4 Å². The van der Waals surface area contributed by atoms with Crippen LogP contribution in [0.4, 0.5) is 15.2 Å². The van der Waals surface area contributed by atoms with Crippen molar-refractivity contribution in [2.45, 2.75) is 13.8 Å². The summed E-state index contributed by atoms with van der Waals surface area (Å²) in [5.41, 5.74) is 2.16. The van der Waals surface area contributed by atoms with Crippen LogP contribution in [-0.4, -0.2) is 29.9 Å². The van der Waals surface area contributed by atoms with Gasteiger partial charge in [0.2, 0.25) is 0 Å². The van der Waals surface area contributed by atoms with Gasteiger partial charge in [-0.15, -0.1) is 11.3 Å². The van der Waals surface area contributed by atoms with Crippen molar-refractivity contribution < 1.29 is 18.7 Å². The second-order valence-corrected chi connectivity index (χ2v) is 7.67. The van der Waals surface area contributed by atoms with Crippen LogP contribution < -0.4 is 15.0 Å². The van der Waals surface area contributed by atoms with Crippen LogP contribution in [0.2, 0.25) is 0 Å². The minimum Gasteiger partial charge on any atom is -0.482 e. The first kappa shape index (κ1) is 19.1. The third-order valence-electron chi connectivity index (χ3n) is 4.63. The van der Waals surface area contributed by atoms with Gasteiger partial charge in [-0.1, -0.05) is 12.1 Å². The number of likely N-dealkylation sites (N-methyl/N-ethyl adjacent to an activating group) is 1. The summed E-state index contributed by atoms with van der Waals surface area (Å²) < 4.78 is 19.3. The van der Waals surface area contributed by atoms with Crippen LogP contribution in [0.1, 0.15) is 22.2 Å². The van der Waals surface area contributed by atoms with Crippen molar-refractivity contribution in [3.63, 3.8) is 0 Å². The van der Waals surface area contributed by atoms with E-state index >= 15 is 0 Å². The minimum absolute atomic E-state index is 0.0299. The van der Waals surface area contributed by atoms with E-state index < -0.39 is 11.7 Å². The topological polar surface area (TPSA) is 71.5 Å². The fourth-order valence-electron chi connectivity index (χ4n) is 3.22. The van der Waals surface area contributed by atoms with Crippen LogP contribution in [0, 0.1) is 12.7 Å². The van der Waals surface area contributed by atoms with Gasteiger partial charge in [0.25, 0.3) is 11.8 Å². The van der Waals surface area contributed by atoms with Gasteiger partial charge in [0.15, 0.2) is 11.7 Å². The molecule has 0 saturated heterocycles. The smallest absolute Gasteiger partial charge is 0.265 e. The van der Waals surface area contributed by atoms with E-state index in [1.807, 2.05) is 32.0 Å². The number of nitrogens with zero attached hydrogens (tertiary/aromatic N) is 2. The third kappa shape index (κ3) is 3.58. The summed E-state index contributed by atoms with van der Waals surface area (Å²) >= 11 is 1.31. The summed E-state index contributed by atoms with van der Waals surface area (Å²) in [5, 5.41) is 3.04. The third-order valence-corrected chi connectivity index (χ3v) is 5.51. The van der Waals surface area contributed by atoms with E-state index in [0.29, 0.717) is 28.8 Å². The Morgan fingerprint density at radius 3 is 2.86 bits per heavy atom. The number of amides is 2. The number of rotatable bonds is 4. The Morgan fingerprint density at radius 1 is 1.31 bits per heavy atom. The van der Waals surface area contributed by atoms with Crippen molar-refractivity contribution in [3.05, 3.63) is 58.7 Å². The number of hydrogen-bond donors (Lipinski definition) is 1. The van der Waals surface area contributed by atoms with Gasteiger partial charge >= 0.3 is 0 Å². The van der Waals surface area contributed by atoms with Gasteiger partial charge in [0, 0.05) is 17.0 Å². The number of thiazole rings is 1. The highest BCUT2D eigenvalue weighted by molar-refractivity contribution is 7.16. The highest BCUT2D eigenvalue weighted by Crippen LogP contribution is 2.38. The highest BCUT2D eigenvalue weighted by Gasteiger charge is 2.25. The van der Waals surface area contributed by atoms with Gasteiger partial charge in [-0.25, -0.2) is 9.37 Å². The lowest BCUT2D eigenvalue weighted by Crippen LogP contribution is -2.38. The number of carbonyl (C=O) groups is 2. The zero-order valence-electron chi connectivity index (χ0n) is 15.9. The Bertz CT molecular complexity index is 1110. The summed E-state index contributed by atoms with van der Waals surface area (Å²) in [6.07, 6.45) is 0. The van der Waals surface area contributed by atoms with Crippen LogP contribution in [0.5, 0.6) is 5.75 Å². The largest absolute Gasteiger partial charge is 0.482 e. The molecule has 4 rings (SSSR count). The Kier molecular flexibility index (Phi) is 5.02. The highest BCUT2D eigenvalue weighted by atomic mass is 32.1. The Balaban J connectivity index is 1.64. The van der Waals surface area contributed by atoms with E-state index in [-0.39, 0.29) is 18.1 Å². The number of fused-ring (bicyclic) bond motifs is 1. The van der Waals surface area contributed by atoms with E-state index in [1.165, 1.54) is 29.5 Å². The van der Waals surface area contributed by atoms with Crippen molar-refractivity contribution in [2.24, 2.45) is 0 Å². The number of aryl methyl sites for hydroxylation is 1. The lowest BCUT2D eigenvalue weighted by atomic mass is 10.1. The number of nitrogens with one attached hydrogen (secondary N) is 1. The molecule has 0 saturated carbocycles. The number of benzene rings is 2. The second kappa shape index (κ2) is 7.63. The first-order valence-corrected chi connectivity index (χ1v) is 9.90. The van der Waals surface area contributed by atoms with Gasteiger partial charge in [0.05, 0.1) is 16.9 Å². The molecule has 2 aromatic carbocycles. The molecule has 1 N–H and O–H groups in total. The van der Waals surface area contributed by atoms with Crippen LogP contribution in [0.25, 0.3) is 11.3 Å². The fraction of sp³-hybridized carbons (Fsp3) is 0.190. The number of hydrogen-bond acceptors (Lipinski definition) is 5. The molecule has 2 amide bonds. The molecule has 3 aromatic rings. The molecule has 6 nitrogen and oxygen atoms in total. The first-order valence-electron chi connectivity index (χ1n) is 9.08. The second-order valence-electron chi connectivity index (χ2n) is 6.47. The summed E-state index contributed by atoms with van der Waals surface area (Å²) in [4.78, 5) is 31.5. The molecule has 29 heavy (non-hydrogen) atoms. The van der Waals surface area contributed by atoms with E-state index in [2.05, 4.69) is 10.3 Å². The summed E-state index contributed by atoms with van der Waals surface area (Å²) in [7, 11) is 0. The molecular formula is C21H18FN3O3S. The zero-order valence-corrected chi connectivity index (χ0v) is 16.7. The standard InChI is InChI=1S/C21H18FN3O3S/c1-3-25-16-10-13(8-9-17(16)28-11-18(25)26)19-12(2)29-21(23-19)24-20(27)14-6-4-5-7-15(14)22/h4-10H,3,11H2,1-2H3,(H,23,24,27). The molecule has 148 valence electrons. The quantitative estimate of drug-likeness (QED) is 0.697. The molecule has 0 unspecified atom stereocenters. The average Bonchev–Trinajstić information content (AvgIpc) is 3.07. The fourth-order valence-corrected chi connectivity index (χ4v) is 4.05. The van der Waals surface area contributed by atoms with Gasteiger partial charge in [-0.2, -0.15) is 0 Å². The molecule has 0 fully saturated rings. The van der Waals surface area contributed by atoms with Gasteiger partial charge in [0.1, 0.15) is 11.6 Å². The lowest BCUT2D eigenvalue weighted by molar-refractivity contribution is -0.121. The summed E-state index contributed by atoms with van der Waals surface area (Å²) in [6, 6.07) is 11.3. The average molecular weight is 411 g/mol. The number of aromatic nitrogens is 1. The van der Waals surface area contributed by atoms with Crippen molar-refractivity contribution in [3.8, 4) is 17.0 Å². The van der Waals surface area contributed by atoms with E-state index in [1.54, 1.807) is 11.0 Å². The van der Waals surface area contributed by atoms with Crippen molar-refractivity contribution >= 4 is 34.0 Å². The van der Waals surface area contributed by atoms with Crippen LogP contribution >= 0.6 is 11.3 Å². The predicted molar refractivity (Wildman–Crippen MR) is 110 cm³/mol. The van der Waals surface area contributed by atoms with E-state index in [4.69, 9.17) is 4.74 Å². The normalized spacial score (nSPS) is 13.1. The molecule has 2 heterocycles. The molecule has 0 aliphatic carbocycles. The van der Waals surface area contributed by atoms with Crippen LogP contribution in [0.15, 0.2) is 42.5 Å². The Labute approximate surface area is 171 Å². The Hall–Kier alpha value is -3.26. The van der Waals surface area contributed by atoms with Gasteiger partial charge in [-0.05, 0) is 44.2 Å². The first-order chi connectivity index (χ1) is 14.0. The zero-order chi connectivity index (χ0) is 20.5. The summed E-state index contributed by atoms with van der Waals surface area (Å²) in [6.45, 7) is 4.37. The molecule has 0 spiro atoms. The SMILES string of the molecule is CCN1C(=O)COc2ccc(-c3nc(NC(=O)c4ccccc4F)sc3C)cc21. The van der Waals surface area contributed by atoms with Crippen molar-refractivity contribution in [1.29, 1.82) is 0 Å². The van der Waals surface area contributed by atoms with Gasteiger partial charge < -0.3 is 9.64 Å². The van der Waals surface area contributed by atoms with Crippen molar-refractivity contribution in [1.82, 2.24) is 4.98 Å². The molecule has 1 aromatic heterocycles. The van der Waals surface area contributed by atoms with E-state index in [9.17, 15) is 14.0 Å². The molecule has 0 bridgehead atoms. The van der Waals surface area contributed by atoms with Crippen LogP contribution in [0.3, 0.4) is 0 Å². The number of ether oxygens (including phenoxy) is 1. The van der Waals surface area contributed by atoms with Crippen LogP contribution in [-0.2, 0) is 4.79 Å². The molecule has 8 heteroatoms. The van der Waals surface area contributed by atoms with Crippen molar-refractivity contribution in [2.75, 3.05) is 23.4 Å². The monoisotopic (exact) mass is 411 g/mol. The molecule has 1 aliphatic heterocycles. The molecular weight excluding hydrogens is 393 g/mol. The lowest BCUT2D eigenvalue weighted by Gasteiger charge is -2.28. The number of carbonyl (C=O) groups excluding carboxylic acids is 2. The maximum atomic E-state index is 13.8. The number of anilines is 2. The Morgan fingerprint density at radius 2 is 2.10 bits per heavy atom. The minimum atomic E-state index is -0.586. The molecule has 0 atom stereocenters. The predicted octanol–water partition coefficient (Wildman–Crippen LogP) is 4.26.